The number of piperidine rings is 1. The van der Waals surface area contributed by atoms with Crippen molar-refractivity contribution in [3.05, 3.63) is 70.2 Å². The highest BCUT2D eigenvalue weighted by molar-refractivity contribution is 6.30. The Hall–Kier alpha value is -2.21. The second-order valence-electron chi connectivity index (χ2n) is 14.3. The third kappa shape index (κ3) is 7.84. The molecule has 2 aromatic rings. The lowest BCUT2D eigenvalue weighted by Gasteiger charge is -2.48. The van der Waals surface area contributed by atoms with Crippen molar-refractivity contribution < 1.29 is 9.59 Å². The first-order chi connectivity index (χ1) is 20.1. The van der Waals surface area contributed by atoms with Gasteiger partial charge in [0.15, 0.2) is 0 Å². The SMILES string of the molecule is CC(C)(C)NC(=O)C1(C2CCCCC2)CCN(CC(CC(=O)C2Cc3ccccc3CN2)Cc2ccc(Cl)cc2)CC1. The van der Waals surface area contributed by atoms with Gasteiger partial charge in [-0.15, -0.1) is 0 Å². The first-order valence-corrected chi connectivity index (χ1v) is 16.6. The minimum absolute atomic E-state index is 0.131. The lowest BCUT2D eigenvalue weighted by molar-refractivity contribution is -0.141. The van der Waals surface area contributed by atoms with E-state index in [9.17, 15) is 9.59 Å². The summed E-state index contributed by atoms with van der Waals surface area (Å²) in [5.74, 6) is 1.25. The molecule has 5 rings (SSSR count). The average molecular weight is 592 g/mol. The van der Waals surface area contributed by atoms with E-state index in [0.29, 0.717) is 18.1 Å². The molecular formula is C36H50ClN3O2. The summed E-state index contributed by atoms with van der Waals surface area (Å²) >= 11 is 6.18. The number of ketones is 1. The molecule has 1 saturated heterocycles. The molecule has 0 spiro atoms. The normalized spacial score (nSPS) is 22.2. The summed E-state index contributed by atoms with van der Waals surface area (Å²) in [5, 5.41) is 7.61. The fourth-order valence-corrected chi connectivity index (χ4v) is 7.83. The third-order valence-corrected chi connectivity index (χ3v) is 10.2. The number of carbonyl (C=O) groups is 2. The highest BCUT2D eigenvalue weighted by Gasteiger charge is 2.48. The van der Waals surface area contributed by atoms with Crippen molar-refractivity contribution in [2.24, 2.45) is 17.3 Å². The first kappa shape index (κ1) is 31.2. The smallest absolute Gasteiger partial charge is 0.226 e. The van der Waals surface area contributed by atoms with E-state index < -0.39 is 0 Å². The first-order valence-electron chi connectivity index (χ1n) is 16.2. The number of hydrogen-bond donors (Lipinski definition) is 2. The van der Waals surface area contributed by atoms with Crippen LogP contribution in [0.2, 0.25) is 5.02 Å². The van der Waals surface area contributed by atoms with Crippen molar-refractivity contribution in [3.8, 4) is 0 Å². The number of benzene rings is 2. The number of likely N-dealkylation sites (tertiary alicyclic amines) is 1. The molecular weight excluding hydrogens is 542 g/mol. The predicted octanol–water partition coefficient (Wildman–Crippen LogP) is 6.75. The van der Waals surface area contributed by atoms with Crippen LogP contribution in [0.1, 0.15) is 88.8 Å². The Kier molecular flexibility index (Phi) is 10.1. The molecule has 3 aliphatic rings. The molecule has 2 atom stereocenters. The van der Waals surface area contributed by atoms with Gasteiger partial charge in [0.25, 0.3) is 0 Å². The van der Waals surface area contributed by atoms with Crippen LogP contribution in [0.15, 0.2) is 48.5 Å². The van der Waals surface area contributed by atoms with E-state index in [-0.39, 0.29) is 28.8 Å². The van der Waals surface area contributed by atoms with Crippen molar-refractivity contribution in [1.82, 2.24) is 15.5 Å². The molecule has 2 aromatic carbocycles. The zero-order valence-corrected chi connectivity index (χ0v) is 26.6. The Morgan fingerprint density at radius 2 is 1.67 bits per heavy atom. The molecule has 1 amide bonds. The molecule has 2 heterocycles. The molecule has 6 heteroatoms. The molecule has 5 nitrogen and oxygen atoms in total. The van der Waals surface area contributed by atoms with Crippen LogP contribution in [0, 0.1) is 17.3 Å². The Morgan fingerprint density at radius 3 is 2.33 bits per heavy atom. The molecule has 0 radical (unpaired) electrons. The number of rotatable bonds is 9. The second-order valence-corrected chi connectivity index (χ2v) is 14.7. The fraction of sp³-hybridized carbons (Fsp3) is 0.611. The fourth-order valence-electron chi connectivity index (χ4n) is 7.70. The molecule has 228 valence electrons. The van der Waals surface area contributed by atoms with Crippen LogP contribution in [-0.4, -0.2) is 47.8 Å². The number of fused-ring (bicyclic) bond motifs is 1. The predicted molar refractivity (Wildman–Crippen MR) is 172 cm³/mol. The number of Topliss-reactive ketones (excluding diaryl/α,β-unsaturated/α-hetero) is 1. The number of nitrogens with one attached hydrogen (secondary N) is 2. The lowest BCUT2D eigenvalue weighted by atomic mass is 9.63. The van der Waals surface area contributed by atoms with Crippen LogP contribution in [0.25, 0.3) is 0 Å². The minimum atomic E-state index is -0.273. The summed E-state index contributed by atoms with van der Waals surface area (Å²) < 4.78 is 0. The van der Waals surface area contributed by atoms with E-state index in [1.807, 2.05) is 12.1 Å². The van der Waals surface area contributed by atoms with E-state index in [1.54, 1.807) is 0 Å². The largest absolute Gasteiger partial charge is 0.351 e. The topological polar surface area (TPSA) is 61.4 Å². The second kappa shape index (κ2) is 13.6. The number of hydrogen-bond acceptors (Lipinski definition) is 4. The monoisotopic (exact) mass is 591 g/mol. The molecule has 1 aliphatic carbocycles. The minimum Gasteiger partial charge on any atom is -0.351 e. The summed E-state index contributed by atoms with van der Waals surface area (Å²) in [5.41, 5.74) is 3.30. The quantitative estimate of drug-likeness (QED) is 0.339. The van der Waals surface area contributed by atoms with Crippen molar-refractivity contribution in [2.75, 3.05) is 19.6 Å². The van der Waals surface area contributed by atoms with Gasteiger partial charge in [-0.05, 0) is 113 Å². The van der Waals surface area contributed by atoms with Crippen LogP contribution in [0.3, 0.4) is 0 Å². The van der Waals surface area contributed by atoms with Crippen LogP contribution in [-0.2, 0) is 29.0 Å². The van der Waals surface area contributed by atoms with Crippen molar-refractivity contribution >= 4 is 23.3 Å². The summed E-state index contributed by atoms with van der Waals surface area (Å²) in [6.07, 6.45) is 10.1. The Bertz CT molecular complexity index is 1210. The maximum absolute atomic E-state index is 13.8. The van der Waals surface area contributed by atoms with E-state index in [2.05, 4.69) is 72.7 Å². The van der Waals surface area contributed by atoms with Gasteiger partial charge in [-0.1, -0.05) is 67.3 Å². The number of amides is 1. The van der Waals surface area contributed by atoms with Crippen molar-refractivity contribution in [1.29, 1.82) is 0 Å². The van der Waals surface area contributed by atoms with Gasteiger partial charge >= 0.3 is 0 Å². The Morgan fingerprint density at radius 1 is 1.00 bits per heavy atom. The van der Waals surface area contributed by atoms with Crippen molar-refractivity contribution in [3.63, 3.8) is 0 Å². The molecule has 2 aliphatic heterocycles. The van der Waals surface area contributed by atoms with Crippen LogP contribution < -0.4 is 10.6 Å². The summed E-state index contributed by atoms with van der Waals surface area (Å²) in [7, 11) is 0. The van der Waals surface area contributed by atoms with E-state index >= 15 is 0 Å². The van der Waals surface area contributed by atoms with Gasteiger partial charge in [0, 0.05) is 30.1 Å². The Labute approximate surface area is 258 Å². The van der Waals surface area contributed by atoms with E-state index in [1.165, 1.54) is 48.8 Å². The van der Waals surface area contributed by atoms with Gasteiger partial charge in [0.05, 0.1) is 11.5 Å². The van der Waals surface area contributed by atoms with Gasteiger partial charge in [-0.3, -0.25) is 9.59 Å². The average Bonchev–Trinajstić information content (AvgIpc) is 2.98. The van der Waals surface area contributed by atoms with Crippen LogP contribution in [0.5, 0.6) is 0 Å². The van der Waals surface area contributed by atoms with Gasteiger partial charge in [-0.25, -0.2) is 0 Å². The number of nitrogens with zero attached hydrogens (tertiary/aromatic N) is 1. The van der Waals surface area contributed by atoms with E-state index in [0.717, 1.165) is 56.9 Å². The number of carbonyl (C=O) groups excluding carboxylic acids is 2. The van der Waals surface area contributed by atoms with Gasteiger partial charge in [0.2, 0.25) is 5.91 Å². The standard InChI is InChI=1S/C36H50ClN3O2/c1-35(2,3)39-34(42)36(30-11-5-4-6-12-30)17-19-40(20-18-36)25-27(21-26-13-15-31(37)16-14-26)22-33(41)32-23-28-9-7-8-10-29(28)24-38-32/h7-10,13-16,27,30,32,38H,4-6,11-12,17-25H2,1-3H3,(H,39,42). The molecule has 0 aromatic heterocycles. The van der Waals surface area contributed by atoms with Gasteiger partial charge in [-0.2, -0.15) is 0 Å². The van der Waals surface area contributed by atoms with Crippen LogP contribution >= 0.6 is 11.6 Å². The molecule has 2 fully saturated rings. The van der Waals surface area contributed by atoms with Gasteiger partial charge in [0.1, 0.15) is 5.78 Å². The maximum atomic E-state index is 13.8. The maximum Gasteiger partial charge on any atom is 0.226 e. The molecule has 42 heavy (non-hydrogen) atoms. The van der Waals surface area contributed by atoms with Gasteiger partial charge < -0.3 is 15.5 Å². The zero-order valence-electron chi connectivity index (χ0n) is 25.9. The summed E-state index contributed by atoms with van der Waals surface area (Å²) in [6, 6.07) is 16.4. The summed E-state index contributed by atoms with van der Waals surface area (Å²) in [4.78, 5) is 30.1. The summed E-state index contributed by atoms with van der Waals surface area (Å²) in [6.45, 7) is 9.72. The lowest BCUT2D eigenvalue weighted by Crippen LogP contribution is -2.56. The Balaban J connectivity index is 1.27. The van der Waals surface area contributed by atoms with Crippen molar-refractivity contribution in [2.45, 2.75) is 103 Å². The molecule has 2 unspecified atom stereocenters. The number of halogens is 1. The highest BCUT2D eigenvalue weighted by Crippen LogP contribution is 2.46. The third-order valence-electron chi connectivity index (χ3n) is 9.99. The molecule has 2 N–H and O–H groups in total. The molecule has 1 saturated carbocycles. The van der Waals surface area contributed by atoms with Crippen LogP contribution in [0.4, 0.5) is 0 Å². The zero-order chi connectivity index (χ0) is 29.7. The highest BCUT2D eigenvalue weighted by atomic mass is 35.5. The molecule has 0 bridgehead atoms. The van der Waals surface area contributed by atoms with E-state index in [4.69, 9.17) is 11.6 Å².